The summed E-state index contributed by atoms with van der Waals surface area (Å²) >= 11 is 0. The average molecular weight is 123 g/mol. The molecule has 0 aliphatic carbocycles. The molecule has 0 aromatic rings. The van der Waals surface area contributed by atoms with E-state index in [1.54, 1.807) is 0 Å². The molecule has 0 unspecified atom stereocenters. The maximum atomic E-state index is 5.09. The summed E-state index contributed by atoms with van der Waals surface area (Å²) < 4.78 is 5.09. The third-order valence-electron chi connectivity index (χ3n) is 0.910. The highest BCUT2D eigenvalue weighted by Crippen LogP contribution is 1.93. The van der Waals surface area contributed by atoms with Crippen molar-refractivity contribution in [2.24, 2.45) is 0 Å². The fourth-order valence-electron chi connectivity index (χ4n) is 0.565. The van der Waals surface area contributed by atoms with E-state index in [1.165, 1.54) is 0 Å². The maximum Gasteiger partial charge on any atom is 0.237 e. The van der Waals surface area contributed by atoms with Crippen molar-refractivity contribution in [2.45, 2.75) is 6.92 Å². The number of allylic oxidation sites excluding steroid dienone is 2. The second-order valence-corrected chi connectivity index (χ2v) is 1.58. The normalized spacial score (nSPS) is 14.6. The second kappa shape index (κ2) is 3.00. The summed E-state index contributed by atoms with van der Waals surface area (Å²) in [6.45, 7) is 2.62. The molecule has 0 radical (unpaired) electrons. The van der Waals surface area contributed by atoms with Gasteiger partial charge >= 0.3 is 0 Å². The van der Waals surface area contributed by atoms with Gasteiger partial charge < -0.3 is 10.1 Å². The number of rotatable bonds is 2. The summed E-state index contributed by atoms with van der Waals surface area (Å²) in [4.78, 5) is 0. The molecule has 1 aliphatic heterocycles. The lowest BCUT2D eigenvalue weighted by atomic mass is 10.5. The molecule has 0 spiro atoms. The monoisotopic (exact) mass is 123 g/mol. The summed E-state index contributed by atoms with van der Waals surface area (Å²) in [6.07, 6.45) is 5.48. The van der Waals surface area contributed by atoms with Crippen LogP contribution in [0.25, 0.3) is 0 Å². The van der Waals surface area contributed by atoms with E-state index in [4.69, 9.17) is 4.74 Å². The minimum Gasteiger partial charge on any atom is -0.473 e. The van der Waals surface area contributed by atoms with Crippen LogP contribution in [0, 0.1) is 0 Å². The first-order chi connectivity index (χ1) is 4.43. The highest BCUT2D eigenvalue weighted by atomic mass is 16.5. The second-order valence-electron chi connectivity index (χ2n) is 1.58. The molecule has 0 aromatic heterocycles. The van der Waals surface area contributed by atoms with E-state index in [0.717, 1.165) is 0 Å². The standard InChI is InChI=1S/C7H9NO/c1-2-9-7-5-3-4-6-8-7/h3-4,6,8H,2H2,1H3. The van der Waals surface area contributed by atoms with Crippen LogP contribution in [0.4, 0.5) is 0 Å². The van der Waals surface area contributed by atoms with Gasteiger partial charge in [-0.2, -0.15) is 0 Å². The van der Waals surface area contributed by atoms with Crippen LogP contribution in [0.1, 0.15) is 6.92 Å². The summed E-state index contributed by atoms with van der Waals surface area (Å²) in [5.74, 6) is 0.694. The number of hydrogen-bond donors (Lipinski definition) is 1. The van der Waals surface area contributed by atoms with Crippen LogP contribution in [0.15, 0.2) is 30.0 Å². The Kier molecular flexibility index (Phi) is 2.00. The van der Waals surface area contributed by atoms with E-state index < -0.39 is 0 Å². The Morgan fingerprint density at radius 3 is 3.22 bits per heavy atom. The number of hydrogen-bond acceptors (Lipinski definition) is 2. The molecule has 0 saturated carbocycles. The van der Waals surface area contributed by atoms with Crippen molar-refractivity contribution in [1.82, 2.24) is 5.32 Å². The van der Waals surface area contributed by atoms with Gasteiger partial charge in [0.1, 0.15) is 0 Å². The van der Waals surface area contributed by atoms with Crippen LogP contribution in [-0.2, 0) is 4.74 Å². The fraction of sp³-hybridized carbons (Fsp3) is 0.286. The molecule has 0 aromatic carbocycles. The molecule has 0 fully saturated rings. The van der Waals surface area contributed by atoms with Gasteiger partial charge in [0.05, 0.1) is 6.61 Å². The van der Waals surface area contributed by atoms with Gasteiger partial charge in [0.15, 0.2) is 0 Å². The van der Waals surface area contributed by atoms with E-state index >= 15 is 0 Å². The molecule has 1 heterocycles. The first-order valence-corrected chi connectivity index (χ1v) is 2.94. The predicted molar refractivity (Wildman–Crippen MR) is 35.5 cm³/mol. The summed E-state index contributed by atoms with van der Waals surface area (Å²) in [5.41, 5.74) is 2.89. The zero-order valence-electron chi connectivity index (χ0n) is 5.35. The lowest BCUT2D eigenvalue weighted by Gasteiger charge is -2.05. The van der Waals surface area contributed by atoms with Crippen molar-refractivity contribution in [2.75, 3.05) is 6.61 Å². The largest absolute Gasteiger partial charge is 0.473 e. The predicted octanol–water partition coefficient (Wildman–Crippen LogP) is 1.14. The molecular formula is C7H9NO. The summed E-state index contributed by atoms with van der Waals surface area (Å²) in [7, 11) is 0. The SMILES string of the molecule is CCOC1=C=CC=CN1. The maximum absolute atomic E-state index is 5.09. The summed E-state index contributed by atoms with van der Waals surface area (Å²) in [6, 6.07) is 0. The van der Waals surface area contributed by atoms with Crippen LogP contribution in [-0.4, -0.2) is 6.61 Å². The van der Waals surface area contributed by atoms with Gasteiger partial charge in [-0.25, -0.2) is 0 Å². The van der Waals surface area contributed by atoms with Crippen LogP contribution in [0.2, 0.25) is 0 Å². The third-order valence-corrected chi connectivity index (χ3v) is 0.910. The molecule has 48 valence electrons. The van der Waals surface area contributed by atoms with Gasteiger partial charge in [-0.1, -0.05) is 5.73 Å². The molecule has 2 nitrogen and oxygen atoms in total. The lowest BCUT2D eigenvalue weighted by molar-refractivity contribution is 0.214. The highest BCUT2D eigenvalue weighted by Gasteiger charge is 1.90. The average Bonchev–Trinajstić information content (AvgIpc) is 1.91. The van der Waals surface area contributed by atoms with Crippen molar-refractivity contribution >= 4 is 0 Å². The molecule has 0 atom stereocenters. The molecule has 0 saturated heterocycles. The van der Waals surface area contributed by atoms with Crippen molar-refractivity contribution in [3.63, 3.8) is 0 Å². The molecule has 1 aliphatic rings. The number of ether oxygens (including phenoxy) is 1. The molecule has 1 rings (SSSR count). The third kappa shape index (κ3) is 1.67. The minimum absolute atomic E-state index is 0.678. The van der Waals surface area contributed by atoms with Crippen LogP contribution in [0.3, 0.4) is 0 Å². The van der Waals surface area contributed by atoms with Crippen LogP contribution < -0.4 is 5.32 Å². The van der Waals surface area contributed by atoms with Gasteiger partial charge in [0.25, 0.3) is 0 Å². The molecule has 0 amide bonds. The first-order valence-electron chi connectivity index (χ1n) is 2.94. The van der Waals surface area contributed by atoms with E-state index in [-0.39, 0.29) is 0 Å². The van der Waals surface area contributed by atoms with Gasteiger partial charge in [-0.15, -0.1) is 0 Å². The Bertz CT molecular complexity index is 175. The van der Waals surface area contributed by atoms with E-state index in [0.29, 0.717) is 12.5 Å². The Hall–Kier alpha value is -1.14. The Labute approximate surface area is 54.5 Å². The van der Waals surface area contributed by atoms with Gasteiger partial charge in [0.2, 0.25) is 5.88 Å². The topological polar surface area (TPSA) is 21.3 Å². The first kappa shape index (κ1) is 5.99. The smallest absolute Gasteiger partial charge is 0.237 e. The quantitative estimate of drug-likeness (QED) is 0.556. The van der Waals surface area contributed by atoms with Crippen molar-refractivity contribution in [3.8, 4) is 0 Å². The Balaban J connectivity index is 2.51. The molecule has 9 heavy (non-hydrogen) atoms. The molecular weight excluding hydrogens is 114 g/mol. The zero-order valence-corrected chi connectivity index (χ0v) is 5.35. The Morgan fingerprint density at radius 1 is 1.78 bits per heavy atom. The summed E-state index contributed by atoms with van der Waals surface area (Å²) in [5, 5.41) is 2.89. The van der Waals surface area contributed by atoms with E-state index in [9.17, 15) is 0 Å². The van der Waals surface area contributed by atoms with Crippen molar-refractivity contribution < 1.29 is 4.74 Å². The van der Waals surface area contributed by atoms with Crippen molar-refractivity contribution in [3.05, 3.63) is 30.0 Å². The van der Waals surface area contributed by atoms with E-state index in [2.05, 4.69) is 11.0 Å². The van der Waals surface area contributed by atoms with Crippen LogP contribution >= 0.6 is 0 Å². The van der Waals surface area contributed by atoms with Gasteiger partial charge in [-0.3, -0.25) is 0 Å². The van der Waals surface area contributed by atoms with Gasteiger partial charge in [-0.05, 0) is 19.1 Å². The van der Waals surface area contributed by atoms with Gasteiger partial charge in [0, 0.05) is 6.20 Å². The van der Waals surface area contributed by atoms with E-state index in [1.807, 2.05) is 25.3 Å². The Morgan fingerprint density at radius 2 is 2.67 bits per heavy atom. The minimum atomic E-state index is 0.678. The highest BCUT2D eigenvalue weighted by molar-refractivity contribution is 5.11. The zero-order chi connectivity index (χ0) is 6.53. The van der Waals surface area contributed by atoms with Crippen LogP contribution in [0.5, 0.6) is 0 Å². The molecule has 1 N–H and O–H groups in total. The molecule has 2 heteroatoms. The molecule has 0 bridgehead atoms. The lowest BCUT2D eigenvalue weighted by Crippen LogP contribution is -2.08. The number of nitrogens with one attached hydrogen (secondary N) is 1. The van der Waals surface area contributed by atoms with Crippen molar-refractivity contribution in [1.29, 1.82) is 0 Å². The fourth-order valence-corrected chi connectivity index (χ4v) is 0.565.